The van der Waals surface area contributed by atoms with Crippen LogP contribution in [0.3, 0.4) is 0 Å². The Hall–Kier alpha value is -1.75. The number of rotatable bonds is 2. The van der Waals surface area contributed by atoms with Gasteiger partial charge in [0.15, 0.2) is 0 Å². The Labute approximate surface area is 109 Å². The fraction of sp³-hybridized carbons (Fsp3) is 0.357. The smallest absolute Gasteiger partial charge is 0.137 e. The van der Waals surface area contributed by atoms with Gasteiger partial charge in [0.25, 0.3) is 0 Å². The van der Waals surface area contributed by atoms with Gasteiger partial charge in [0.05, 0.1) is 35.5 Å². The van der Waals surface area contributed by atoms with E-state index in [0.29, 0.717) is 42.8 Å². The van der Waals surface area contributed by atoms with Gasteiger partial charge in [-0.15, -0.1) is 0 Å². The highest BCUT2D eigenvalue weighted by Crippen LogP contribution is 2.33. The van der Waals surface area contributed by atoms with Crippen molar-refractivity contribution in [3.8, 4) is 0 Å². The van der Waals surface area contributed by atoms with Crippen molar-refractivity contribution in [1.82, 2.24) is 4.98 Å². The van der Waals surface area contributed by atoms with Gasteiger partial charge in [-0.05, 0) is 6.92 Å². The molecule has 2 heterocycles. The van der Waals surface area contributed by atoms with Crippen LogP contribution in [0.15, 0.2) is 12.1 Å². The maximum Gasteiger partial charge on any atom is 0.137 e. The van der Waals surface area contributed by atoms with Crippen LogP contribution in [-0.4, -0.2) is 18.1 Å². The number of pyridine rings is 1. The molecule has 100 valence electrons. The fourth-order valence-corrected chi connectivity index (χ4v) is 2.48. The van der Waals surface area contributed by atoms with Crippen molar-refractivity contribution >= 4 is 16.6 Å². The van der Waals surface area contributed by atoms with E-state index in [1.165, 1.54) is 6.07 Å². The summed E-state index contributed by atoms with van der Waals surface area (Å²) in [7, 11) is 0. The molecular formula is C14H14F2N2O. The zero-order valence-corrected chi connectivity index (χ0v) is 10.6. The molecule has 0 bridgehead atoms. The van der Waals surface area contributed by atoms with E-state index in [2.05, 4.69) is 10.3 Å². The topological polar surface area (TPSA) is 34.2 Å². The number of nitrogens with zero attached hydrogens (tertiary/aromatic N) is 1. The van der Waals surface area contributed by atoms with Crippen molar-refractivity contribution in [2.75, 3.05) is 18.5 Å². The van der Waals surface area contributed by atoms with E-state index in [1.54, 1.807) is 0 Å². The van der Waals surface area contributed by atoms with Crippen molar-refractivity contribution in [3.63, 3.8) is 0 Å². The zero-order chi connectivity index (χ0) is 13.4. The largest absolute Gasteiger partial charge is 0.384 e. The average molecular weight is 264 g/mol. The third kappa shape index (κ3) is 2.04. The third-order valence-electron chi connectivity index (χ3n) is 3.27. The van der Waals surface area contributed by atoms with Crippen LogP contribution in [0.2, 0.25) is 0 Å². The molecular weight excluding hydrogens is 250 g/mol. The lowest BCUT2D eigenvalue weighted by Crippen LogP contribution is -2.16. The Bertz CT molecular complexity index is 643. The lowest BCUT2D eigenvalue weighted by molar-refractivity contribution is 0.110. The molecule has 1 aromatic heterocycles. The summed E-state index contributed by atoms with van der Waals surface area (Å²) in [5.41, 5.74) is 2.78. The first-order chi connectivity index (χ1) is 9.20. The van der Waals surface area contributed by atoms with Gasteiger partial charge < -0.3 is 10.1 Å². The number of halogens is 2. The number of hydrogen-bond acceptors (Lipinski definition) is 3. The van der Waals surface area contributed by atoms with Gasteiger partial charge in [-0.2, -0.15) is 0 Å². The number of nitrogens with one attached hydrogen (secondary N) is 1. The summed E-state index contributed by atoms with van der Waals surface area (Å²) in [4.78, 5) is 4.38. The van der Waals surface area contributed by atoms with Gasteiger partial charge in [-0.3, -0.25) is 4.98 Å². The number of aromatic nitrogens is 1. The molecule has 0 saturated heterocycles. The quantitative estimate of drug-likeness (QED) is 0.905. The van der Waals surface area contributed by atoms with Gasteiger partial charge in [0.2, 0.25) is 0 Å². The molecule has 0 unspecified atom stereocenters. The summed E-state index contributed by atoms with van der Waals surface area (Å²) < 4.78 is 32.8. The van der Waals surface area contributed by atoms with E-state index in [-0.39, 0.29) is 0 Å². The van der Waals surface area contributed by atoms with Gasteiger partial charge >= 0.3 is 0 Å². The monoisotopic (exact) mass is 264 g/mol. The molecule has 0 fully saturated rings. The Balaban J connectivity index is 2.35. The minimum atomic E-state index is -0.605. The molecule has 3 rings (SSSR count). The lowest BCUT2D eigenvalue weighted by atomic mass is 10.0. The predicted molar refractivity (Wildman–Crippen MR) is 69.2 cm³/mol. The van der Waals surface area contributed by atoms with Crippen LogP contribution in [0.25, 0.3) is 10.9 Å². The van der Waals surface area contributed by atoms with Crippen molar-refractivity contribution in [3.05, 3.63) is 35.0 Å². The van der Waals surface area contributed by atoms with E-state index in [1.807, 2.05) is 6.92 Å². The third-order valence-corrected chi connectivity index (χ3v) is 3.27. The molecule has 0 amide bonds. The molecule has 0 saturated carbocycles. The highest BCUT2D eigenvalue weighted by atomic mass is 19.1. The van der Waals surface area contributed by atoms with E-state index in [9.17, 15) is 8.78 Å². The molecule has 0 spiro atoms. The SMILES string of the molecule is CCNc1c2c(nc3cc(F)cc(F)c13)CCOC2. The van der Waals surface area contributed by atoms with Gasteiger partial charge in [0.1, 0.15) is 11.6 Å². The molecule has 2 aromatic rings. The number of benzene rings is 1. The predicted octanol–water partition coefficient (Wildman–Crippen LogP) is 3.02. The summed E-state index contributed by atoms with van der Waals surface area (Å²) in [6.45, 7) is 3.60. The molecule has 1 aliphatic heterocycles. The Morgan fingerprint density at radius 3 is 3.00 bits per heavy atom. The molecule has 0 radical (unpaired) electrons. The molecule has 19 heavy (non-hydrogen) atoms. The summed E-state index contributed by atoms with van der Waals surface area (Å²) >= 11 is 0. The molecule has 1 N–H and O–H groups in total. The van der Waals surface area contributed by atoms with Crippen molar-refractivity contribution in [1.29, 1.82) is 0 Å². The lowest BCUT2D eigenvalue weighted by Gasteiger charge is -2.21. The number of ether oxygens (including phenoxy) is 1. The maximum absolute atomic E-state index is 14.0. The van der Waals surface area contributed by atoms with Crippen LogP contribution in [0.1, 0.15) is 18.2 Å². The molecule has 1 aliphatic rings. The van der Waals surface area contributed by atoms with Crippen molar-refractivity contribution in [2.24, 2.45) is 0 Å². The van der Waals surface area contributed by atoms with E-state index < -0.39 is 11.6 Å². The first-order valence-electron chi connectivity index (χ1n) is 6.32. The normalized spacial score (nSPS) is 14.5. The first kappa shape index (κ1) is 12.3. The molecule has 0 aliphatic carbocycles. The maximum atomic E-state index is 14.0. The van der Waals surface area contributed by atoms with Crippen LogP contribution < -0.4 is 5.32 Å². The van der Waals surface area contributed by atoms with Crippen LogP contribution in [0.5, 0.6) is 0 Å². The zero-order valence-electron chi connectivity index (χ0n) is 10.6. The van der Waals surface area contributed by atoms with Crippen LogP contribution >= 0.6 is 0 Å². The number of anilines is 1. The average Bonchev–Trinajstić information content (AvgIpc) is 2.38. The Morgan fingerprint density at radius 2 is 2.21 bits per heavy atom. The summed E-state index contributed by atoms with van der Waals surface area (Å²) in [5, 5.41) is 3.50. The minimum Gasteiger partial charge on any atom is -0.384 e. The summed E-state index contributed by atoms with van der Waals surface area (Å²) in [6.07, 6.45) is 0.668. The van der Waals surface area contributed by atoms with E-state index >= 15 is 0 Å². The summed E-state index contributed by atoms with van der Waals surface area (Å²) in [6, 6.07) is 2.16. The fourth-order valence-electron chi connectivity index (χ4n) is 2.48. The number of hydrogen-bond donors (Lipinski definition) is 1. The standard InChI is InChI=1S/C14H14F2N2O/c1-2-17-14-9-7-19-4-3-11(9)18-12-6-8(15)5-10(16)13(12)14/h5-6H,2-4,7H2,1H3,(H,17,18). The summed E-state index contributed by atoms with van der Waals surface area (Å²) in [5.74, 6) is -1.20. The second-order valence-electron chi connectivity index (χ2n) is 4.53. The van der Waals surface area contributed by atoms with Crippen molar-refractivity contribution in [2.45, 2.75) is 20.0 Å². The highest BCUT2D eigenvalue weighted by Gasteiger charge is 2.20. The Morgan fingerprint density at radius 1 is 1.37 bits per heavy atom. The van der Waals surface area contributed by atoms with Crippen LogP contribution in [0.4, 0.5) is 14.5 Å². The van der Waals surface area contributed by atoms with Crippen LogP contribution in [-0.2, 0) is 17.8 Å². The van der Waals surface area contributed by atoms with Crippen molar-refractivity contribution < 1.29 is 13.5 Å². The first-order valence-corrected chi connectivity index (χ1v) is 6.32. The van der Waals surface area contributed by atoms with Gasteiger partial charge in [-0.1, -0.05) is 0 Å². The molecule has 1 aromatic carbocycles. The van der Waals surface area contributed by atoms with Gasteiger partial charge in [-0.25, -0.2) is 8.78 Å². The highest BCUT2D eigenvalue weighted by molar-refractivity contribution is 5.94. The molecule has 3 nitrogen and oxygen atoms in total. The second-order valence-corrected chi connectivity index (χ2v) is 4.53. The molecule has 0 atom stereocenters. The molecule has 5 heteroatoms. The van der Waals surface area contributed by atoms with Gasteiger partial charge in [0, 0.05) is 30.7 Å². The second kappa shape index (κ2) is 4.74. The number of fused-ring (bicyclic) bond motifs is 2. The van der Waals surface area contributed by atoms with Crippen LogP contribution in [0, 0.1) is 11.6 Å². The van der Waals surface area contributed by atoms with E-state index in [0.717, 1.165) is 17.3 Å². The van der Waals surface area contributed by atoms with E-state index in [4.69, 9.17) is 4.74 Å². The Kier molecular flexibility index (Phi) is 3.06. The minimum absolute atomic E-state index is 0.340.